The number of hydrogen-bond acceptors (Lipinski definition) is 5. The monoisotopic (exact) mass is 582 g/mol. The number of carbonyl (C=O) groups is 1. The lowest BCUT2D eigenvalue weighted by Crippen LogP contribution is -2.28. The summed E-state index contributed by atoms with van der Waals surface area (Å²) in [6.45, 7) is 0.218. The number of benzene rings is 4. The molecule has 0 radical (unpaired) electrons. The van der Waals surface area contributed by atoms with E-state index in [1.165, 1.54) is 42.6 Å². The maximum atomic E-state index is 14.6. The first-order chi connectivity index (χ1) is 20.3. The minimum Gasteiger partial charge on any atom is -0.506 e. The minimum absolute atomic E-state index is 0.128. The van der Waals surface area contributed by atoms with E-state index in [2.05, 4.69) is 4.98 Å². The van der Waals surface area contributed by atoms with Crippen molar-refractivity contribution in [1.29, 1.82) is 0 Å². The second kappa shape index (κ2) is 9.81. The summed E-state index contributed by atoms with van der Waals surface area (Å²) in [4.78, 5) is 24.9. The largest absolute Gasteiger partial charge is 0.506 e. The summed E-state index contributed by atoms with van der Waals surface area (Å²) in [6.07, 6.45) is 3.03. The van der Waals surface area contributed by atoms with Gasteiger partial charge in [-0.25, -0.2) is 18.7 Å². The molecule has 0 unspecified atom stereocenters. The predicted molar refractivity (Wildman–Crippen MR) is 154 cm³/mol. The van der Waals surface area contributed by atoms with Crippen molar-refractivity contribution >= 4 is 39.3 Å². The number of methoxy groups -OCH3 is 1. The molecule has 3 heterocycles. The average molecular weight is 583 g/mol. The first-order valence-corrected chi connectivity index (χ1v) is 13.4. The smallest absolute Gasteiger partial charge is 0.255 e. The SMILES string of the molecule is COc1ccc(CN2C(=O)c3ccc4cnc(-n5cc(O)c6cc(F)ccc65)nc4c3[C@H]2c2cc(F)ccc2Cl)cc1. The molecule has 7 rings (SSSR count). The molecule has 0 fully saturated rings. The lowest BCUT2D eigenvalue weighted by atomic mass is 9.95. The Bertz CT molecular complexity index is 2040. The summed E-state index contributed by atoms with van der Waals surface area (Å²) in [5, 5.41) is 11.7. The van der Waals surface area contributed by atoms with Gasteiger partial charge >= 0.3 is 0 Å². The van der Waals surface area contributed by atoms with Crippen LogP contribution in [-0.4, -0.2) is 37.6 Å². The van der Waals surface area contributed by atoms with Crippen LogP contribution in [0.25, 0.3) is 27.8 Å². The van der Waals surface area contributed by atoms with E-state index in [9.17, 15) is 18.7 Å². The second-order valence-corrected chi connectivity index (χ2v) is 10.4. The molecule has 1 aliphatic rings. The third-order valence-corrected chi connectivity index (χ3v) is 7.93. The highest BCUT2D eigenvalue weighted by Gasteiger charge is 2.40. The van der Waals surface area contributed by atoms with Crippen molar-refractivity contribution in [2.75, 3.05) is 7.11 Å². The van der Waals surface area contributed by atoms with Crippen molar-refractivity contribution in [3.8, 4) is 17.4 Å². The molecule has 0 spiro atoms. The van der Waals surface area contributed by atoms with Crippen molar-refractivity contribution in [2.24, 2.45) is 0 Å². The molecule has 2 aromatic heterocycles. The molecule has 1 N–H and O–H groups in total. The normalized spacial score (nSPS) is 14.6. The van der Waals surface area contributed by atoms with E-state index in [-0.39, 0.29) is 24.1 Å². The van der Waals surface area contributed by atoms with Gasteiger partial charge in [-0.3, -0.25) is 9.36 Å². The van der Waals surface area contributed by atoms with Crippen molar-refractivity contribution in [3.05, 3.63) is 124 Å². The van der Waals surface area contributed by atoms with Gasteiger partial charge in [0.25, 0.3) is 5.91 Å². The number of hydrogen-bond donors (Lipinski definition) is 1. The molecule has 0 aliphatic carbocycles. The summed E-state index contributed by atoms with van der Waals surface area (Å²) < 4.78 is 35.3. The Morgan fingerprint density at radius 2 is 1.76 bits per heavy atom. The third-order valence-electron chi connectivity index (χ3n) is 7.58. The fourth-order valence-electron chi connectivity index (χ4n) is 5.61. The van der Waals surface area contributed by atoms with Crippen LogP contribution in [0.5, 0.6) is 11.5 Å². The van der Waals surface area contributed by atoms with E-state index in [1.54, 1.807) is 34.9 Å². The molecule has 0 bridgehead atoms. The van der Waals surface area contributed by atoms with Gasteiger partial charge in [0, 0.05) is 45.2 Å². The fourth-order valence-corrected chi connectivity index (χ4v) is 5.83. The van der Waals surface area contributed by atoms with Crippen LogP contribution in [0.1, 0.15) is 33.1 Å². The van der Waals surface area contributed by atoms with Crippen LogP contribution in [0.2, 0.25) is 5.02 Å². The van der Waals surface area contributed by atoms with Gasteiger partial charge in [-0.15, -0.1) is 0 Å². The van der Waals surface area contributed by atoms with Gasteiger partial charge in [0.15, 0.2) is 0 Å². The van der Waals surface area contributed by atoms with Crippen LogP contribution in [0.4, 0.5) is 8.78 Å². The highest BCUT2D eigenvalue weighted by Crippen LogP contribution is 2.45. The number of aromatic hydroxyl groups is 1. The van der Waals surface area contributed by atoms with E-state index in [4.69, 9.17) is 21.3 Å². The Morgan fingerprint density at radius 1 is 1.00 bits per heavy atom. The zero-order valence-electron chi connectivity index (χ0n) is 22.1. The van der Waals surface area contributed by atoms with Gasteiger partial charge in [0.05, 0.1) is 30.4 Å². The molecular formula is C32H21ClF2N4O3. The van der Waals surface area contributed by atoms with Crippen LogP contribution < -0.4 is 4.74 Å². The maximum Gasteiger partial charge on any atom is 0.255 e. The minimum atomic E-state index is -0.756. The Hall–Kier alpha value is -5.02. The molecule has 1 amide bonds. The number of fused-ring (bicyclic) bond motifs is 4. The molecule has 0 saturated heterocycles. The van der Waals surface area contributed by atoms with Crippen molar-refractivity contribution in [2.45, 2.75) is 12.6 Å². The molecule has 208 valence electrons. The predicted octanol–water partition coefficient (Wildman–Crippen LogP) is 6.96. The van der Waals surface area contributed by atoms with Crippen LogP contribution >= 0.6 is 11.6 Å². The number of halogens is 3. The summed E-state index contributed by atoms with van der Waals surface area (Å²) in [6, 6.07) is 18.2. The number of ether oxygens (including phenoxy) is 1. The molecule has 10 heteroatoms. The van der Waals surface area contributed by atoms with E-state index in [0.29, 0.717) is 49.3 Å². The molecule has 6 aromatic rings. The zero-order chi connectivity index (χ0) is 29.1. The summed E-state index contributed by atoms with van der Waals surface area (Å²) >= 11 is 6.64. The molecule has 0 saturated carbocycles. The average Bonchev–Trinajstić information content (AvgIpc) is 3.47. The quantitative estimate of drug-likeness (QED) is 0.238. The topological polar surface area (TPSA) is 80.5 Å². The standard InChI is InChI=1S/C32H21ClF2N4O3/c1-42-21-7-2-17(3-8-21)15-39-30(23-12-19(34)5-10-25(23)33)28-22(31(39)41)9-4-18-14-36-32(37-29(18)28)38-16-27(40)24-13-20(35)6-11-26(24)38/h2-14,16,30,40H,15H2,1H3/t30-/m1/s1. The highest BCUT2D eigenvalue weighted by atomic mass is 35.5. The van der Waals surface area contributed by atoms with Crippen LogP contribution in [-0.2, 0) is 6.54 Å². The first kappa shape index (κ1) is 25.9. The van der Waals surface area contributed by atoms with Crippen LogP contribution in [0.15, 0.2) is 85.2 Å². The second-order valence-electron chi connectivity index (χ2n) is 10.0. The Labute approximate surface area is 243 Å². The lowest BCUT2D eigenvalue weighted by molar-refractivity contribution is 0.0736. The third kappa shape index (κ3) is 4.12. The number of amides is 1. The van der Waals surface area contributed by atoms with Gasteiger partial charge in [-0.05, 0) is 60.2 Å². The summed E-state index contributed by atoms with van der Waals surface area (Å²) in [5.41, 5.74) is 3.21. The van der Waals surface area contributed by atoms with Crippen LogP contribution in [0, 0.1) is 11.6 Å². The van der Waals surface area contributed by atoms with Gasteiger partial charge in [0.1, 0.15) is 23.1 Å². The van der Waals surface area contributed by atoms with Gasteiger partial charge in [0.2, 0.25) is 5.95 Å². The Morgan fingerprint density at radius 3 is 2.55 bits per heavy atom. The van der Waals surface area contributed by atoms with E-state index in [1.807, 2.05) is 24.3 Å². The molecule has 42 heavy (non-hydrogen) atoms. The summed E-state index contributed by atoms with van der Waals surface area (Å²) in [7, 11) is 1.58. The number of rotatable bonds is 5. The highest BCUT2D eigenvalue weighted by molar-refractivity contribution is 6.31. The molecule has 1 atom stereocenters. The number of aromatic nitrogens is 3. The Balaban J connectivity index is 1.44. The van der Waals surface area contributed by atoms with E-state index >= 15 is 0 Å². The molecule has 1 aliphatic heterocycles. The maximum absolute atomic E-state index is 14.6. The van der Waals surface area contributed by atoms with E-state index in [0.717, 1.165) is 5.56 Å². The Kier molecular flexibility index (Phi) is 6.06. The fraction of sp³-hybridized carbons (Fsp3) is 0.0938. The van der Waals surface area contributed by atoms with Crippen molar-refractivity contribution < 1.29 is 23.4 Å². The van der Waals surface area contributed by atoms with Gasteiger partial charge in [-0.1, -0.05) is 29.8 Å². The van der Waals surface area contributed by atoms with Gasteiger partial charge < -0.3 is 14.7 Å². The van der Waals surface area contributed by atoms with Crippen molar-refractivity contribution in [1.82, 2.24) is 19.4 Å². The summed E-state index contributed by atoms with van der Waals surface area (Å²) in [5.74, 6) is -0.474. The van der Waals surface area contributed by atoms with Gasteiger partial charge in [-0.2, -0.15) is 0 Å². The number of nitrogens with zero attached hydrogens (tertiary/aromatic N) is 4. The number of carbonyl (C=O) groups excluding carboxylic acids is 1. The first-order valence-electron chi connectivity index (χ1n) is 13.0. The molecular weight excluding hydrogens is 562 g/mol. The zero-order valence-corrected chi connectivity index (χ0v) is 22.8. The molecule has 4 aromatic carbocycles. The van der Waals surface area contributed by atoms with Crippen LogP contribution in [0.3, 0.4) is 0 Å². The van der Waals surface area contributed by atoms with E-state index < -0.39 is 17.7 Å². The lowest BCUT2D eigenvalue weighted by Gasteiger charge is -2.27. The van der Waals surface area contributed by atoms with Crippen molar-refractivity contribution in [3.63, 3.8) is 0 Å². The molecule has 7 nitrogen and oxygen atoms in total.